The van der Waals surface area contributed by atoms with Crippen LogP contribution in [0.2, 0.25) is 0 Å². The zero-order valence-corrected chi connectivity index (χ0v) is 12.2. The predicted molar refractivity (Wildman–Crippen MR) is 73.1 cm³/mol. The zero-order chi connectivity index (χ0) is 14.0. The lowest BCUT2D eigenvalue weighted by Gasteiger charge is -2.32. The van der Waals surface area contributed by atoms with Crippen molar-refractivity contribution >= 4 is 5.91 Å². The van der Waals surface area contributed by atoms with Gasteiger partial charge in [-0.1, -0.05) is 12.1 Å². The second-order valence-electron chi connectivity index (χ2n) is 5.54. The summed E-state index contributed by atoms with van der Waals surface area (Å²) in [7, 11) is 0. The molecule has 5 heteroatoms. The van der Waals surface area contributed by atoms with Crippen molar-refractivity contribution < 1.29 is 9.32 Å². The van der Waals surface area contributed by atoms with Crippen molar-refractivity contribution in [3.8, 4) is 0 Å². The summed E-state index contributed by atoms with van der Waals surface area (Å²) in [5.41, 5.74) is 1.98. The highest BCUT2D eigenvalue weighted by atomic mass is 16.5. The minimum Gasteiger partial charge on any atom is -0.361 e. The molecule has 0 aromatic carbocycles. The van der Waals surface area contributed by atoms with Gasteiger partial charge in [0, 0.05) is 37.7 Å². The van der Waals surface area contributed by atoms with E-state index in [9.17, 15) is 4.79 Å². The van der Waals surface area contributed by atoms with Gasteiger partial charge in [0.1, 0.15) is 5.76 Å². The third-order valence-electron chi connectivity index (χ3n) is 3.78. The van der Waals surface area contributed by atoms with Gasteiger partial charge in [0.05, 0.1) is 5.69 Å². The topological polar surface area (TPSA) is 58.4 Å². The van der Waals surface area contributed by atoms with Gasteiger partial charge in [-0.3, -0.25) is 4.79 Å². The van der Waals surface area contributed by atoms with E-state index in [4.69, 9.17) is 4.52 Å². The van der Waals surface area contributed by atoms with Crippen LogP contribution in [-0.4, -0.2) is 41.6 Å². The van der Waals surface area contributed by atoms with Crippen molar-refractivity contribution in [2.45, 2.75) is 46.1 Å². The molecular weight excluding hydrogens is 242 g/mol. The third kappa shape index (κ3) is 3.15. The summed E-state index contributed by atoms with van der Waals surface area (Å²) >= 11 is 0. The maximum Gasteiger partial charge on any atom is 0.223 e. The van der Waals surface area contributed by atoms with Crippen molar-refractivity contribution in [3.63, 3.8) is 0 Å². The largest absolute Gasteiger partial charge is 0.361 e. The van der Waals surface area contributed by atoms with E-state index in [1.54, 1.807) is 0 Å². The molecule has 1 saturated heterocycles. The number of amides is 1. The predicted octanol–water partition coefficient (Wildman–Crippen LogP) is 1.61. The van der Waals surface area contributed by atoms with Crippen LogP contribution in [0.3, 0.4) is 0 Å². The third-order valence-corrected chi connectivity index (χ3v) is 3.78. The monoisotopic (exact) mass is 265 g/mol. The first-order chi connectivity index (χ1) is 8.99. The maximum absolute atomic E-state index is 12.3. The molecule has 1 fully saturated rings. The fraction of sp³-hybridized carbons (Fsp3) is 0.714. The Morgan fingerprint density at radius 1 is 1.58 bits per heavy atom. The van der Waals surface area contributed by atoms with Gasteiger partial charge in [-0.25, -0.2) is 0 Å². The van der Waals surface area contributed by atoms with Crippen molar-refractivity contribution in [2.24, 2.45) is 0 Å². The van der Waals surface area contributed by atoms with Crippen LogP contribution in [0.4, 0.5) is 0 Å². The number of nitrogens with one attached hydrogen (secondary N) is 1. The average Bonchev–Trinajstić information content (AvgIpc) is 2.69. The maximum atomic E-state index is 12.3. The highest BCUT2D eigenvalue weighted by molar-refractivity contribution is 5.77. The van der Waals surface area contributed by atoms with E-state index in [0.29, 0.717) is 12.5 Å². The molecule has 0 bridgehead atoms. The minimum absolute atomic E-state index is 0.156. The number of nitrogens with zero attached hydrogens (tertiary/aromatic N) is 2. The van der Waals surface area contributed by atoms with Crippen molar-refractivity contribution in [3.05, 3.63) is 17.0 Å². The Morgan fingerprint density at radius 2 is 2.32 bits per heavy atom. The minimum atomic E-state index is 0.156. The Morgan fingerprint density at radius 3 is 2.89 bits per heavy atom. The van der Waals surface area contributed by atoms with Crippen molar-refractivity contribution in [1.29, 1.82) is 0 Å². The second kappa shape index (κ2) is 5.74. The van der Waals surface area contributed by atoms with Gasteiger partial charge >= 0.3 is 0 Å². The number of hydrogen-bond acceptors (Lipinski definition) is 4. The van der Waals surface area contributed by atoms with Crippen molar-refractivity contribution in [2.75, 3.05) is 19.6 Å². The molecule has 1 amide bonds. The van der Waals surface area contributed by atoms with Gasteiger partial charge in [0.2, 0.25) is 5.91 Å². The molecule has 1 N–H and O–H groups in total. The summed E-state index contributed by atoms with van der Waals surface area (Å²) in [5, 5.41) is 7.31. The normalized spacial score (nSPS) is 21.5. The van der Waals surface area contributed by atoms with Gasteiger partial charge < -0.3 is 14.7 Å². The van der Waals surface area contributed by atoms with Gasteiger partial charge in [-0.05, 0) is 26.7 Å². The lowest BCUT2D eigenvalue weighted by molar-refractivity contribution is -0.132. The van der Waals surface area contributed by atoms with Crippen LogP contribution in [-0.2, 0) is 4.79 Å². The van der Waals surface area contributed by atoms with Crippen LogP contribution in [0.5, 0.6) is 0 Å². The summed E-state index contributed by atoms with van der Waals surface area (Å²) in [6.45, 7) is 10.5. The number of aromatic nitrogens is 1. The van der Waals surface area contributed by atoms with E-state index in [1.165, 1.54) is 0 Å². The van der Waals surface area contributed by atoms with E-state index in [2.05, 4.69) is 24.3 Å². The molecular formula is C14H23N3O2. The highest BCUT2D eigenvalue weighted by Crippen LogP contribution is 2.26. The molecule has 0 radical (unpaired) electrons. The lowest BCUT2D eigenvalue weighted by atomic mass is 9.95. The fourth-order valence-corrected chi connectivity index (χ4v) is 2.85. The molecule has 0 aliphatic carbocycles. The Kier molecular flexibility index (Phi) is 4.24. The molecule has 1 unspecified atom stereocenters. The number of aryl methyl sites for hydroxylation is 2. The van der Waals surface area contributed by atoms with Crippen LogP contribution in [0, 0.1) is 13.8 Å². The van der Waals surface area contributed by atoms with E-state index in [0.717, 1.165) is 36.7 Å². The average molecular weight is 265 g/mol. The molecule has 19 heavy (non-hydrogen) atoms. The second-order valence-corrected chi connectivity index (χ2v) is 5.54. The van der Waals surface area contributed by atoms with Crippen LogP contribution in [0.25, 0.3) is 0 Å². The molecule has 2 atom stereocenters. The molecule has 2 heterocycles. The SMILES string of the molecule is Cc1noc(C)c1C(C)CC(=O)N1CCN[C@H](C)C1. The highest BCUT2D eigenvalue weighted by Gasteiger charge is 2.24. The number of carbonyl (C=O) groups is 1. The molecule has 1 aromatic rings. The molecule has 1 aliphatic heterocycles. The van der Waals surface area contributed by atoms with Crippen LogP contribution in [0.15, 0.2) is 4.52 Å². The Hall–Kier alpha value is -1.36. The van der Waals surface area contributed by atoms with E-state index in [-0.39, 0.29) is 11.8 Å². The first-order valence-electron chi connectivity index (χ1n) is 6.93. The molecule has 0 saturated carbocycles. The van der Waals surface area contributed by atoms with E-state index < -0.39 is 0 Å². The summed E-state index contributed by atoms with van der Waals surface area (Å²) < 4.78 is 5.18. The molecule has 1 aliphatic rings. The number of carbonyl (C=O) groups excluding carboxylic acids is 1. The first kappa shape index (κ1) is 14.1. The van der Waals surface area contributed by atoms with Gasteiger partial charge in [0.25, 0.3) is 0 Å². The first-order valence-corrected chi connectivity index (χ1v) is 6.93. The summed E-state index contributed by atoms with van der Waals surface area (Å²) in [6, 6.07) is 0.382. The van der Waals surface area contributed by atoms with Crippen LogP contribution < -0.4 is 5.32 Å². The molecule has 5 nitrogen and oxygen atoms in total. The van der Waals surface area contributed by atoms with Gasteiger partial charge in [-0.2, -0.15) is 0 Å². The summed E-state index contributed by atoms with van der Waals surface area (Å²) in [5.74, 6) is 1.20. The van der Waals surface area contributed by atoms with Gasteiger partial charge in [-0.15, -0.1) is 0 Å². The molecule has 1 aromatic heterocycles. The number of rotatable bonds is 3. The number of hydrogen-bond donors (Lipinski definition) is 1. The zero-order valence-electron chi connectivity index (χ0n) is 12.2. The van der Waals surface area contributed by atoms with Crippen LogP contribution in [0.1, 0.15) is 43.2 Å². The summed E-state index contributed by atoms with van der Waals surface area (Å²) in [6.07, 6.45) is 0.523. The Balaban J connectivity index is 1.99. The quantitative estimate of drug-likeness (QED) is 0.902. The molecule has 106 valence electrons. The summed E-state index contributed by atoms with van der Waals surface area (Å²) in [4.78, 5) is 14.3. The smallest absolute Gasteiger partial charge is 0.223 e. The van der Waals surface area contributed by atoms with E-state index >= 15 is 0 Å². The Bertz CT molecular complexity index is 436. The molecule has 2 rings (SSSR count). The van der Waals surface area contributed by atoms with Crippen LogP contribution >= 0.6 is 0 Å². The standard InChI is InChI=1S/C14H23N3O2/c1-9(14-11(3)16-19-12(14)4)7-13(18)17-6-5-15-10(2)8-17/h9-10,15H,5-8H2,1-4H3/t9?,10-/m1/s1. The van der Waals surface area contributed by atoms with E-state index in [1.807, 2.05) is 18.7 Å². The Labute approximate surface area is 114 Å². The van der Waals surface area contributed by atoms with Gasteiger partial charge in [0.15, 0.2) is 0 Å². The fourth-order valence-electron chi connectivity index (χ4n) is 2.85. The van der Waals surface area contributed by atoms with Crippen molar-refractivity contribution in [1.82, 2.24) is 15.4 Å². The lowest BCUT2D eigenvalue weighted by Crippen LogP contribution is -2.51. The molecule has 0 spiro atoms. The number of piperazine rings is 1.